The zero-order chi connectivity index (χ0) is 22.8. The fraction of sp³-hybridized carbons (Fsp3) is 0.370. The Hall–Kier alpha value is -3.01. The molecule has 0 aromatic heterocycles. The molecule has 0 atom stereocenters. The molecule has 0 spiro atoms. The van der Waals surface area contributed by atoms with Crippen molar-refractivity contribution in [2.75, 3.05) is 6.61 Å². The van der Waals surface area contributed by atoms with Crippen molar-refractivity contribution in [1.82, 2.24) is 0 Å². The molecule has 0 aliphatic carbocycles. The van der Waals surface area contributed by atoms with E-state index in [9.17, 15) is 4.79 Å². The maximum absolute atomic E-state index is 12.6. The van der Waals surface area contributed by atoms with E-state index in [4.69, 9.17) is 14.2 Å². The first kappa shape index (κ1) is 24.3. The molecule has 0 heterocycles. The molecular formula is C27H34O4. The number of hydrogen-bond acceptors (Lipinski definition) is 4. The number of benzene rings is 2. The highest BCUT2D eigenvalue weighted by atomic mass is 16.5. The molecular weight excluding hydrogens is 388 g/mol. The Kier molecular flexibility index (Phi) is 9.39. The second-order valence-corrected chi connectivity index (χ2v) is 7.90. The minimum absolute atomic E-state index is 0.0465. The molecule has 0 unspecified atom stereocenters. The van der Waals surface area contributed by atoms with Gasteiger partial charge in [0.1, 0.15) is 23.9 Å². The lowest BCUT2D eigenvalue weighted by molar-refractivity contribution is 0.104. The van der Waals surface area contributed by atoms with Gasteiger partial charge < -0.3 is 14.2 Å². The average molecular weight is 423 g/mol. The largest absolute Gasteiger partial charge is 0.491 e. The summed E-state index contributed by atoms with van der Waals surface area (Å²) in [6.45, 7) is 14.2. The molecule has 2 aromatic rings. The lowest BCUT2D eigenvalue weighted by Crippen LogP contribution is -2.12. The van der Waals surface area contributed by atoms with Crippen molar-refractivity contribution in [1.29, 1.82) is 0 Å². The van der Waals surface area contributed by atoms with Gasteiger partial charge in [0.15, 0.2) is 5.78 Å². The molecule has 0 bridgehead atoms. The number of ether oxygens (including phenoxy) is 3. The van der Waals surface area contributed by atoms with Crippen LogP contribution in [0.1, 0.15) is 62.5 Å². The molecule has 0 N–H and O–H groups in total. The van der Waals surface area contributed by atoms with Crippen molar-refractivity contribution in [2.24, 2.45) is 0 Å². The van der Waals surface area contributed by atoms with E-state index in [1.807, 2.05) is 39.8 Å². The third-order valence-electron chi connectivity index (χ3n) is 4.35. The van der Waals surface area contributed by atoms with Gasteiger partial charge in [0.2, 0.25) is 0 Å². The lowest BCUT2D eigenvalue weighted by atomic mass is 10.0. The lowest BCUT2D eigenvalue weighted by Gasteiger charge is -2.20. The molecule has 0 saturated heterocycles. The number of carbonyl (C=O) groups excluding carboxylic acids is 1. The van der Waals surface area contributed by atoms with Gasteiger partial charge in [0.05, 0.1) is 12.2 Å². The van der Waals surface area contributed by atoms with Gasteiger partial charge >= 0.3 is 0 Å². The third-order valence-corrected chi connectivity index (χ3v) is 4.35. The van der Waals surface area contributed by atoms with E-state index < -0.39 is 0 Å². The third kappa shape index (κ3) is 7.63. The number of carbonyl (C=O) groups is 1. The quantitative estimate of drug-likeness (QED) is 0.218. The van der Waals surface area contributed by atoms with Crippen molar-refractivity contribution in [3.05, 3.63) is 71.8 Å². The predicted octanol–water partition coefficient (Wildman–Crippen LogP) is 6.67. The molecule has 2 rings (SSSR count). The van der Waals surface area contributed by atoms with Gasteiger partial charge in [0, 0.05) is 11.1 Å². The summed E-state index contributed by atoms with van der Waals surface area (Å²) < 4.78 is 17.6. The zero-order valence-corrected chi connectivity index (χ0v) is 19.3. The van der Waals surface area contributed by atoms with Crippen molar-refractivity contribution in [3.63, 3.8) is 0 Å². The van der Waals surface area contributed by atoms with E-state index in [1.54, 1.807) is 42.5 Å². The Morgan fingerprint density at radius 2 is 1.58 bits per heavy atom. The maximum Gasteiger partial charge on any atom is 0.185 e. The Morgan fingerprint density at radius 3 is 2.06 bits per heavy atom. The number of ketones is 1. The molecule has 31 heavy (non-hydrogen) atoms. The second kappa shape index (κ2) is 12.0. The minimum atomic E-state index is -0.0782. The first-order valence-electron chi connectivity index (χ1n) is 10.9. The Labute approximate surface area is 186 Å². The molecule has 0 fully saturated rings. The maximum atomic E-state index is 12.6. The molecule has 4 nitrogen and oxygen atoms in total. The summed E-state index contributed by atoms with van der Waals surface area (Å²) in [5, 5.41) is 0. The SMILES string of the molecule is C=CCOc1ccc(C(=O)/C=C/c2cc(OC(C)C)c(CCC)c(OC(C)C)c2)cc1. The van der Waals surface area contributed by atoms with Crippen molar-refractivity contribution in [3.8, 4) is 17.2 Å². The summed E-state index contributed by atoms with van der Waals surface area (Å²) in [5.74, 6) is 2.25. The normalized spacial score (nSPS) is 11.2. The Bertz CT molecular complexity index is 861. The number of rotatable bonds is 12. The van der Waals surface area contributed by atoms with Crippen molar-refractivity contribution < 1.29 is 19.0 Å². The van der Waals surface area contributed by atoms with Gasteiger partial charge in [-0.3, -0.25) is 4.79 Å². The zero-order valence-electron chi connectivity index (χ0n) is 19.3. The molecule has 0 aliphatic heterocycles. The number of allylic oxidation sites excluding steroid dienone is 1. The fourth-order valence-electron chi connectivity index (χ4n) is 3.09. The standard InChI is InChI=1S/C27H34O4/c1-7-9-24-26(30-19(3)4)17-21(18-27(24)31-20(5)6)10-15-25(28)22-11-13-23(14-12-22)29-16-8-2/h8,10-15,17-20H,2,7,9,16H2,1,3-6H3/b15-10+. The van der Waals surface area contributed by atoms with Crippen LogP contribution < -0.4 is 14.2 Å². The van der Waals surface area contributed by atoms with Gasteiger partial charge in [-0.1, -0.05) is 32.1 Å². The summed E-state index contributed by atoms with van der Waals surface area (Å²) in [7, 11) is 0. The summed E-state index contributed by atoms with van der Waals surface area (Å²) in [6, 6.07) is 11.1. The molecule has 0 aliphatic rings. The molecule has 2 aromatic carbocycles. The van der Waals surface area contributed by atoms with Gasteiger partial charge in [-0.25, -0.2) is 0 Å². The Balaban J connectivity index is 2.30. The van der Waals surface area contributed by atoms with E-state index >= 15 is 0 Å². The van der Waals surface area contributed by atoms with Gasteiger partial charge in [-0.05, 0) is 82.2 Å². The summed E-state index contributed by atoms with van der Waals surface area (Å²) >= 11 is 0. The molecule has 4 heteroatoms. The van der Waals surface area contributed by atoms with E-state index in [-0.39, 0.29) is 18.0 Å². The van der Waals surface area contributed by atoms with Crippen LogP contribution in [0, 0.1) is 0 Å². The van der Waals surface area contributed by atoms with Crippen LogP contribution in [0.5, 0.6) is 17.2 Å². The van der Waals surface area contributed by atoms with E-state index in [0.717, 1.165) is 35.5 Å². The summed E-state index contributed by atoms with van der Waals surface area (Å²) in [4.78, 5) is 12.6. The highest BCUT2D eigenvalue weighted by Gasteiger charge is 2.15. The van der Waals surface area contributed by atoms with Crippen LogP contribution in [0.2, 0.25) is 0 Å². The molecule has 0 radical (unpaired) electrons. The first-order valence-corrected chi connectivity index (χ1v) is 10.9. The van der Waals surface area contributed by atoms with Crippen molar-refractivity contribution >= 4 is 11.9 Å². The second-order valence-electron chi connectivity index (χ2n) is 7.90. The van der Waals surface area contributed by atoms with Crippen LogP contribution in [0.25, 0.3) is 6.08 Å². The fourth-order valence-corrected chi connectivity index (χ4v) is 3.09. The Morgan fingerprint density at radius 1 is 1.00 bits per heavy atom. The molecule has 0 saturated carbocycles. The van der Waals surface area contributed by atoms with E-state index in [1.165, 1.54) is 0 Å². The van der Waals surface area contributed by atoms with Gasteiger partial charge in [-0.2, -0.15) is 0 Å². The summed E-state index contributed by atoms with van der Waals surface area (Å²) in [6.07, 6.45) is 7.02. The van der Waals surface area contributed by atoms with E-state index in [0.29, 0.717) is 17.9 Å². The summed E-state index contributed by atoms with van der Waals surface area (Å²) in [5.41, 5.74) is 2.54. The topological polar surface area (TPSA) is 44.8 Å². The number of hydrogen-bond donors (Lipinski definition) is 0. The van der Waals surface area contributed by atoms with Crippen LogP contribution in [0.15, 0.2) is 55.1 Å². The van der Waals surface area contributed by atoms with Crippen LogP contribution in [-0.2, 0) is 6.42 Å². The minimum Gasteiger partial charge on any atom is -0.491 e. The smallest absolute Gasteiger partial charge is 0.185 e. The molecule has 166 valence electrons. The van der Waals surface area contributed by atoms with Gasteiger partial charge in [-0.15, -0.1) is 0 Å². The van der Waals surface area contributed by atoms with Crippen molar-refractivity contribution in [2.45, 2.75) is 59.7 Å². The highest BCUT2D eigenvalue weighted by molar-refractivity contribution is 6.06. The average Bonchev–Trinajstić information content (AvgIpc) is 2.72. The van der Waals surface area contributed by atoms with E-state index in [2.05, 4.69) is 13.5 Å². The first-order chi connectivity index (χ1) is 14.8. The van der Waals surface area contributed by atoms with Crippen LogP contribution in [-0.4, -0.2) is 24.6 Å². The highest BCUT2D eigenvalue weighted by Crippen LogP contribution is 2.34. The molecule has 0 amide bonds. The van der Waals surface area contributed by atoms with Crippen LogP contribution >= 0.6 is 0 Å². The van der Waals surface area contributed by atoms with Crippen LogP contribution in [0.4, 0.5) is 0 Å². The predicted molar refractivity (Wildman–Crippen MR) is 127 cm³/mol. The monoisotopic (exact) mass is 422 g/mol. The van der Waals surface area contributed by atoms with Crippen LogP contribution in [0.3, 0.4) is 0 Å². The van der Waals surface area contributed by atoms with Gasteiger partial charge in [0.25, 0.3) is 0 Å².